The topological polar surface area (TPSA) is 107 Å². The van der Waals surface area contributed by atoms with Crippen LogP contribution in [0.2, 0.25) is 0 Å². The van der Waals surface area contributed by atoms with Crippen LogP contribution in [0.5, 0.6) is 17.2 Å². The number of pyridine rings is 1. The van der Waals surface area contributed by atoms with Gasteiger partial charge in [0.25, 0.3) is 5.69 Å². The Balaban J connectivity index is 1.47. The van der Waals surface area contributed by atoms with E-state index in [1.54, 1.807) is 19.4 Å². The molecule has 0 aliphatic carbocycles. The number of fused-ring (bicyclic) bond motifs is 1. The van der Waals surface area contributed by atoms with Crippen molar-refractivity contribution in [2.24, 2.45) is 17.8 Å². The first-order valence-corrected chi connectivity index (χ1v) is 13.1. The molecule has 0 amide bonds. The smallest absolute Gasteiger partial charge is 0.277 e. The first-order chi connectivity index (χ1) is 18.8. The van der Waals surface area contributed by atoms with E-state index in [4.69, 9.17) is 14.2 Å². The first kappa shape index (κ1) is 28.3. The molecule has 4 rings (SSSR count). The molecule has 2 aromatic carbocycles. The molecule has 1 aromatic heterocycles. The summed E-state index contributed by atoms with van der Waals surface area (Å²) in [5, 5.41) is 24.0. The molecule has 2 heterocycles. The fourth-order valence-corrected chi connectivity index (χ4v) is 5.70. The van der Waals surface area contributed by atoms with Gasteiger partial charge in [-0.05, 0) is 73.0 Å². The second kappa shape index (κ2) is 12.4. The molecule has 208 valence electrons. The Morgan fingerprint density at radius 3 is 2.59 bits per heavy atom. The van der Waals surface area contributed by atoms with Gasteiger partial charge in [-0.3, -0.25) is 20.0 Å². The molecule has 0 bridgehead atoms. The predicted molar refractivity (Wildman–Crippen MR) is 150 cm³/mol. The van der Waals surface area contributed by atoms with E-state index in [9.17, 15) is 15.2 Å². The van der Waals surface area contributed by atoms with Crippen LogP contribution in [0.15, 0.2) is 55.3 Å². The summed E-state index contributed by atoms with van der Waals surface area (Å²) in [5.74, 6) is 2.08. The summed E-state index contributed by atoms with van der Waals surface area (Å²) in [6.07, 6.45) is 4.79. The van der Waals surface area contributed by atoms with Crippen molar-refractivity contribution in [2.75, 3.05) is 34.4 Å². The zero-order valence-corrected chi connectivity index (χ0v) is 23.0. The number of aromatic nitrogens is 1. The Morgan fingerprint density at radius 2 is 1.92 bits per heavy atom. The maximum Gasteiger partial charge on any atom is 0.277 e. The second-order valence-electron chi connectivity index (χ2n) is 10.2. The number of rotatable bonds is 11. The van der Waals surface area contributed by atoms with Gasteiger partial charge < -0.3 is 19.3 Å². The van der Waals surface area contributed by atoms with Crippen LogP contribution in [0, 0.1) is 27.9 Å². The van der Waals surface area contributed by atoms with E-state index in [1.165, 1.54) is 20.3 Å². The fourth-order valence-electron chi connectivity index (χ4n) is 5.70. The van der Waals surface area contributed by atoms with Crippen molar-refractivity contribution < 1.29 is 24.2 Å². The molecule has 3 aromatic rings. The zero-order chi connectivity index (χ0) is 28.1. The summed E-state index contributed by atoms with van der Waals surface area (Å²) in [7, 11) is 4.61. The van der Waals surface area contributed by atoms with Crippen LogP contribution in [0.25, 0.3) is 10.9 Å². The van der Waals surface area contributed by atoms with Gasteiger partial charge in [-0.2, -0.15) is 0 Å². The Hall–Kier alpha value is -3.69. The Morgan fingerprint density at radius 1 is 1.18 bits per heavy atom. The van der Waals surface area contributed by atoms with Gasteiger partial charge in [0.1, 0.15) is 5.75 Å². The van der Waals surface area contributed by atoms with Crippen LogP contribution in [-0.4, -0.2) is 54.3 Å². The van der Waals surface area contributed by atoms with Gasteiger partial charge >= 0.3 is 0 Å². The summed E-state index contributed by atoms with van der Waals surface area (Å²) in [6, 6.07) is 10.7. The number of hydrogen-bond donors (Lipinski definition) is 1. The number of hydrogen-bond acceptors (Lipinski definition) is 8. The van der Waals surface area contributed by atoms with Crippen LogP contribution < -0.4 is 14.2 Å². The molecule has 1 fully saturated rings. The van der Waals surface area contributed by atoms with Crippen LogP contribution in [-0.2, 0) is 6.54 Å². The summed E-state index contributed by atoms with van der Waals surface area (Å²) in [6.45, 7) is 8.12. The van der Waals surface area contributed by atoms with E-state index in [0.29, 0.717) is 29.5 Å². The third kappa shape index (κ3) is 6.15. The molecule has 39 heavy (non-hydrogen) atoms. The van der Waals surface area contributed by atoms with Gasteiger partial charge in [-0.1, -0.05) is 13.0 Å². The highest BCUT2D eigenvalue weighted by atomic mass is 16.6. The number of ether oxygens (including phenoxy) is 3. The number of likely N-dealkylation sites (tertiary alicyclic amines) is 1. The standard InChI is InChI=1S/C30H37N3O6/c1-6-20-17-32(18-22-14-28(38-4)29(39-5)16-27(22)33(35)36)12-10-21(20)13-19(2)30(34)24-9-11-31-26-8-7-23(37-3)15-25(24)26/h6-9,11,14-16,19-21,30,34H,1,10,12-13,17-18H2,2-5H3/t19-,20?,21?,30-/m0/s1. The number of aliphatic hydroxyl groups is 1. The summed E-state index contributed by atoms with van der Waals surface area (Å²) >= 11 is 0. The van der Waals surface area contributed by atoms with Crippen molar-refractivity contribution in [3.63, 3.8) is 0 Å². The predicted octanol–water partition coefficient (Wildman–Crippen LogP) is 5.55. The molecule has 2 unspecified atom stereocenters. The van der Waals surface area contributed by atoms with Crippen LogP contribution in [0.3, 0.4) is 0 Å². The normalized spacial score (nSPS) is 19.3. The lowest BCUT2D eigenvalue weighted by molar-refractivity contribution is -0.385. The Kier molecular flexibility index (Phi) is 9.04. The minimum absolute atomic E-state index is 0.00716. The van der Waals surface area contributed by atoms with Gasteiger partial charge in [-0.15, -0.1) is 6.58 Å². The number of aliphatic hydroxyl groups excluding tert-OH is 1. The highest BCUT2D eigenvalue weighted by molar-refractivity contribution is 5.83. The van der Waals surface area contributed by atoms with E-state index in [1.807, 2.05) is 30.3 Å². The number of nitro benzene ring substituents is 1. The van der Waals surface area contributed by atoms with E-state index in [0.717, 1.165) is 48.1 Å². The molecule has 1 N–H and O–H groups in total. The van der Waals surface area contributed by atoms with Crippen LogP contribution in [0.1, 0.15) is 37.0 Å². The number of piperidine rings is 1. The molecule has 0 saturated carbocycles. The number of nitrogens with zero attached hydrogens (tertiary/aromatic N) is 3. The van der Waals surface area contributed by atoms with Gasteiger partial charge in [0.2, 0.25) is 0 Å². The zero-order valence-electron chi connectivity index (χ0n) is 23.0. The van der Waals surface area contributed by atoms with Crippen molar-refractivity contribution >= 4 is 16.6 Å². The summed E-state index contributed by atoms with van der Waals surface area (Å²) in [4.78, 5) is 18.0. The van der Waals surface area contributed by atoms with Crippen LogP contribution in [0.4, 0.5) is 5.69 Å². The highest BCUT2D eigenvalue weighted by Crippen LogP contribution is 2.39. The minimum Gasteiger partial charge on any atom is -0.497 e. The van der Waals surface area contributed by atoms with E-state index in [-0.39, 0.29) is 22.4 Å². The van der Waals surface area contributed by atoms with Gasteiger partial charge in [0.05, 0.1) is 43.9 Å². The molecule has 1 saturated heterocycles. The first-order valence-electron chi connectivity index (χ1n) is 13.1. The largest absolute Gasteiger partial charge is 0.497 e. The Bertz CT molecular complexity index is 1330. The minimum atomic E-state index is -0.652. The lowest BCUT2D eigenvalue weighted by atomic mass is 9.77. The molecule has 9 heteroatoms. The van der Waals surface area contributed by atoms with E-state index >= 15 is 0 Å². The fraction of sp³-hybridized carbons (Fsp3) is 0.433. The summed E-state index contributed by atoms with van der Waals surface area (Å²) in [5.41, 5.74) is 2.27. The maximum atomic E-state index is 11.8. The third-order valence-electron chi connectivity index (χ3n) is 7.88. The van der Waals surface area contributed by atoms with Gasteiger partial charge in [0, 0.05) is 30.2 Å². The van der Waals surface area contributed by atoms with Crippen molar-refractivity contribution in [3.8, 4) is 17.2 Å². The van der Waals surface area contributed by atoms with E-state index in [2.05, 4.69) is 23.4 Å². The molecule has 4 atom stereocenters. The molecule has 0 spiro atoms. The average Bonchev–Trinajstić information content (AvgIpc) is 2.96. The Labute approximate surface area is 229 Å². The molecule has 0 radical (unpaired) electrons. The summed E-state index contributed by atoms with van der Waals surface area (Å²) < 4.78 is 16.0. The average molecular weight is 536 g/mol. The van der Waals surface area contributed by atoms with Crippen molar-refractivity contribution in [1.29, 1.82) is 0 Å². The van der Waals surface area contributed by atoms with Gasteiger partial charge in [-0.25, -0.2) is 0 Å². The van der Waals surface area contributed by atoms with Gasteiger partial charge in [0.15, 0.2) is 11.5 Å². The monoisotopic (exact) mass is 535 g/mol. The molecule has 9 nitrogen and oxygen atoms in total. The number of nitro groups is 1. The number of methoxy groups -OCH3 is 3. The molecule has 1 aliphatic heterocycles. The van der Waals surface area contributed by atoms with Crippen molar-refractivity contribution in [2.45, 2.75) is 32.4 Å². The van der Waals surface area contributed by atoms with Crippen LogP contribution >= 0.6 is 0 Å². The third-order valence-corrected chi connectivity index (χ3v) is 7.88. The maximum absolute atomic E-state index is 11.8. The highest BCUT2D eigenvalue weighted by Gasteiger charge is 2.32. The second-order valence-corrected chi connectivity index (χ2v) is 10.2. The molecule has 1 aliphatic rings. The van der Waals surface area contributed by atoms with Crippen molar-refractivity contribution in [1.82, 2.24) is 9.88 Å². The number of benzene rings is 2. The molecular weight excluding hydrogens is 498 g/mol. The SMILES string of the molecule is C=CC1CN(Cc2cc(OC)c(OC)cc2[N+](=O)[O-])CCC1C[C@H](C)[C@H](O)c1ccnc2ccc(OC)cc12. The van der Waals surface area contributed by atoms with E-state index < -0.39 is 6.10 Å². The lowest BCUT2D eigenvalue weighted by Crippen LogP contribution is -2.40. The van der Waals surface area contributed by atoms with Crippen molar-refractivity contribution in [3.05, 3.63) is 76.5 Å². The lowest BCUT2D eigenvalue weighted by Gasteiger charge is -2.39. The quantitative estimate of drug-likeness (QED) is 0.193. The molecular formula is C30H37N3O6.